The fourth-order valence-corrected chi connectivity index (χ4v) is 0.731. The molecule has 0 aliphatic carbocycles. The van der Waals surface area contributed by atoms with Gasteiger partial charge in [0.25, 0.3) is 0 Å². The number of aryl methyl sites for hydroxylation is 1. The minimum Gasteiger partial charge on any atom is -0.462 e. The van der Waals surface area contributed by atoms with E-state index in [-0.39, 0.29) is 0 Å². The second kappa shape index (κ2) is 5.24. The molecule has 0 fully saturated rings. The zero-order valence-electron chi connectivity index (χ0n) is 7.07. The highest BCUT2D eigenvalue weighted by molar-refractivity contribution is 5.11. The minimum atomic E-state index is 0.389. The van der Waals surface area contributed by atoms with E-state index in [1.165, 1.54) is 18.1 Å². The molecule has 1 heterocycles. The Morgan fingerprint density at radius 2 is 1.58 bits per heavy atom. The first-order chi connectivity index (χ1) is 5.89. The molecular weight excluding hydrogens is 152 g/mol. The second-order valence-electron chi connectivity index (χ2n) is 2.38. The lowest BCUT2D eigenvalue weighted by Crippen LogP contribution is -1.75. The van der Waals surface area contributed by atoms with Crippen LogP contribution < -0.4 is 0 Å². The maximum atomic E-state index is 4.54. The van der Waals surface area contributed by atoms with Crippen LogP contribution >= 0.6 is 0 Å². The maximum Gasteiger partial charge on any atom is 0.229 e. The van der Waals surface area contributed by atoms with E-state index in [0.717, 1.165) is 0 Å². The smallest absolute Gasteiger partial charge is 0.229 e. The van der Waals surface area contributed by atoms with Gasteiger partial charge in [-0.2, -0.15) is 0 Å². The highest BCUT2D eigenvalue weighted by Crippen LogP contribution is 1.92. The number of benzene rings is 1. The van der Waals surface area contributed by atoms with Gasteiger partial charge in [0, 0.05) is 0 Å². The van der Waals surface area contributed by atoms with Crippen molar-refractivity contribution >= 4 is 0 Å². The summed E-state index contributed by atoms with van der Waals surface area (Å²) in [6, 6.07) is 10.3. The molecule has 12 heavy (non-hydrogen) atoms. The first-order valence-corrected chi connectivity index (χ1v) is 3.79. The van der Waals surface area contributed by atoms with Crippen LogP contribution in [0.3, 0.4) is 0 Å². The topological polar surface area (TPSA) is 18.5 Å². The van der Waals surface area contributed by atoms with Gasteiger partial charge in [0.1, 0.15) is 12.5 Å². The molecule has 0 saturated heterocycles. The molecule has 2 nitrogen and oxygen atoms in total. The van der Waals surface area contributed by atoms with E-state index in [1.54, 1.807) is 0 Å². The summed E-state index contributed by atoms with van der Waals surface area (Å²) in [6.07, 6.45) is 3.03. The van der Waals surface area contributed by atoms with Crippen molar-refractivity contribution in [2.75, 3.05) is 6.79 Å². The van der Waals surface area contributed by atoms with Crippen LogP contribution in [0.4, 0.5) is 0 Å². The van der Waals surface area contributed by atoms with Crippen LogP contribution in [0.2, 0.25) is 0 Å². The molecule has 0 spiro atoms. The van der Waals surface area contributed by atoms with E-state index in [4.69, 9.17) is 0 Å². The van der Waals surface area contributed by atoms with E-state index in [9.17, 15) is 0 Å². The zero-order valence-corrected chi connectivity index (χ0v) is 7.07. The predicted molar refractivity (Wildman–Crippen MR) is 47.4 cm³/mol. The molecular formula is C10H12O2. The van der Waals surface area contributed by atoms with Crippen LogP contribution in [0.25, 0.3) is 0 Å². The molecule has 2 rings (SSSR count). The van der Waals surface area contributed by atoms with Gasteiger partial charge in [-0.3, -0.25) is 0 Å². The van der Waals surface area contributed by atoms with Crippen molar-refractivity contribution in [1.29, 1.82) is 0 Å². The molecule has 0 unspecified atom stereocenters. The third kappa shape index (κ3) is 3.66. The van der Waals surface area contributed by atoms with E-state index >= 15 is 0 Å². The van der Waals surface area contributed by atoms with E-state index in [2.05, 4.69) is 28.5 Å². The van der Waals surface area contributed by atoms with Gasteiger partial charge in [0.2, 0.25) is 6.79 Å². The second-order valence-corrected chi connectivity index (χ2v) is 2.38. The number of rotatable bonds is 0. The summed E-state index contributed by atoms with van der Waals surface area (Å²) in [6.45, 7) is 2.47. The molecule has 0 amide bonds. The summed E-state index contributed by atoms with van der Waals surface area (Å²) in [4.78, 5) is 0. The van der Waals surface area contributed by atoms with Crippen molar-refractivity contribution in [2.45, 2.75) is 6.92 Å². The molecule has 0 saturated carbocycles. The Labute approximate surface area is 72.4 Å². The highest BCUT2D eigenvalue weighted by atomic mass is 16.7. The lowest BCUT2D eigenvalue weighted by Gasteiger charge is -1.82. The van der Waals surface area contributed by atoms with Crippen molar-refractivity contribution < 1.29 is 9.47 Å². The molecule has 64 valence electrons. The standard InChI is InChI=1S/C7H8.C3H4O2/c1-7-5-3-2-4-6-7;1-2-5-3-4-1/h2-6H,1H3;1-2H,3H2. The van der Waals surface area contributed by atoms with Crippen LogP contribution in [0.1, 0.15) is 5.56 Å². The largest absolute Gasteiger partial charge is 0.462 e. The Balaban J connectivity index is 0.000000127. The summed E-state index contributed by atoms with van der Waals surface area (Å²) in [5.74, 6) is 0. The summed E-state index contributed by atoms with van der Waals surface area (Å²) < 4.78 is 9.08. The quantitative estimate of drug-likeness (QED) is 0.586. The van der Waals surface area contributed by atoms with Crippen molar-refractivity contribution in [3.63, 3.8) is 0 Å². The predicted octanol–water partition coefficient (Wildman–Crippen LogP) is 2.46. The highest BCUT2D eigenvalue weighted by Gasteiger charge is 1.82. The van der Waals surface area contributed by atoms with Crippen molar-refractivity contribution in [3.8, 4) is 0 Å². The van der Waals surface area contributed by atoms with Gasteiger partial charge >= 0.3 is 0 Å². The maximum absolute atomic E-state index is 4.54. The van der Waals surface area contributed by atoms with E-state index < -0.39 is 0 Å². The van der Waals surface area contributed by atoms with Crippen molar-refractivity contribution in [2.24, 2.45) is 0 Å². The molecule has 0 bridgehead atoms. The summed E-state index contributed by atoms with van der Waals surface area (Å²) in [5, 5.41) is 0. The number of ether oxygens (including phenoxy) is 2. The summed E-state index contributed by atoms with van der Waals surface area (Å²) in [5.41, 5.74) is 1.32. The fraction of sp³-hybridized carbons (Fsp3) is 0.200. The molecule has 1 aliphatic heterocycles. The normalized spacial score (nSPS) is 12.4. The molecule has 2 heteroatoms. The Hall–Kier alpha value is -1.44. The minimum absolute atomic E-state index is 0.389. The average molecular weight is 164 g/mol. The Morgan fingerprint density at radius 3 is 1.83 bits per heavy atom. The van der Waals surface area contributed by atoms with Gasteiger partial charge in [-0.1, -0.05) is 35.9 Å². The molecule has 0 N–H and O–H groups in total. The van der Waals surface area contributed by atoms with Crippen LogP contribution in [-0.2, 0) is 9.47 Å². The molecule has 1 aromatic rings. The van der Waals surface area contributed by atoms with Gasteiger partial charge in [-0.15, -0.1) is 0 Å². The molecule has 0 aromatic heterocycles. The Bertz CT molecular complexity index is 223. The Morgan fingerprint density at radius 1 is 1.00 bits per heavy atom. The van der Waals surface area contributed by atoms with Gasteiger partial charge in [0.15, 0.2) is 0 Å². The van der Waals surface area contributed by atoms with Crippen LogP contribution in [0.15, 0.2) is 42.9 Å². The number of hydrogen-bond acceptors (Lipinski definition) is 2. The molecule has 0 radical (unpaired) electrons. The molecule has 1 aromatic carbocycles. The van der Waals surface area contributed by atoms with Crippen LogP contribution in [0.5, 0.6) is 0 Å². The monoisotopic (exact) mass is 164 g/mol. The van der Waals surface area contributed by atoms with Crippen molar-refractivity contribution in [3.05, 3.63) is 48.4 Å². The van der Waals surface area contributed by atoms with Gasteiger partial charge in [-0.05, 0) is 6.92 Å². The molecule has 1 aliphatic rings. The Kier molecular flexibility index (Phi) is 3.78. The zero-order chi connectivity index (χ0) is 8.65. The van der Waals surface area contributed by atoms with Crippen LogP contribution in [0, 0.1) is 6.92 Å². The SMILES string of the molecule is C1=COCO1.Cc1ccccc1. The molecule has 0 atom stereocenters. The van der Waals surface area contributed by atoms with Gasteiger partial charge < -0.3 is 9.47 Å². The third-order valence-corrected chi connectivity index (χ3v) is 1.32. The summed E-state index contributed by atoms with van der Waals surface area (Å²) in [7, 11) is 0. The third-order valence-electron chi connectivity index (χ3n) is 1.32. The lowest BCUT2D eigenvalue weighted by atomic mass is 10.2. The summed E-state index contributed by atoms with van der Waals surface area (Å²) >= 11 is 0. The first kappa shape index (κ1) is 8.65. The van der Waals surface area contributed by atoms with E-state index in [0.29, 0.717) is 6.79 Å². The van der Waals surface area contributed by atoms with E-state index in [1.807, 2.05) is 18.2 Å². The van der Waals surface area contributed by atoms with Gasteiger partial charge in [0.05, 0.1) is 0 Å². The van der Waals surface area contributed by atoms with Crippen LogP contribution in [-0.4, -0.2) is 6.79 Å². The lowest BCUT2D eigenvalue weighted by molar-refractivity contribution is 0.0920. The van der Waals surface area contributed by atoms with Gasteiger partial charge in [-0.25, -0.2) is 0 Å². The average Bonchev–Trinajstić information content (AvgIpc) is 2.62. The number of hydrogen-bond donors (Lipinski definition) is 0. The van der Waals surface area contributed by atoms with Crippen molar-refractivity contribution in [1.82, 2.24) is 0 Å². The fourth-order valence-electron chi connectivity index (χ4n) is 0.731. The first-order valence-electron chi connectivity index (χ1n) is 3.79.